The molecule has 1 N–H and O–H groups in total. The number of rotatable bonds is 2. The van der Waals surface area contributed by atoms with Crippen molar-refractivity contribution in [2.75, 3.05) is 13.4 Å². The van der Waals surface area contributed by atoms with Gasteiger partial charge < -0.3 is 9.84 Å². The third kappa shape index (κ3) is 1.44. The van der Waals surface area contributed by atoms with E-state index in [1.165, 1.54) is 4.21 Å². The van der Waals surface area contributed by atoms with Crippen LogP contribution in [0.2, 0.25) is 0 Å². The predicted octanol–water partition coefficient (Wildman–Crippen LogP) is 3.34. The summed E-state index contributed by atoms with van der Waals surface area (Å²) in [5.74, 6) is 0.768. The summed E-state index contributed by atoms with van der Waals surface area (Å²) in [6, 6.07) is 5.63. The van der Waals surface area contributed by atoms with Gasteiger partial charge in [-0.05, 0) is 24.5 Å². The van der Waals surface area contributed by atoms with Gasteiger partial charge in [0.25, 0.3) is 0 Å². The van der Waals surface area contributed by atoms with Crippen LogP contribution in [0.25, 0.3) is 10.1 Å². The summed E-state index contributed by atoms with van der Waals surface area (Å²) in [7, 11) is 1.57. The maximum atomic E-state index is 9.56. The molecule has 0 amide bonds. The summed E-state index contributed by atoms with van der Waals surface area (Å²) in [5, 5.41) is 10.6. The van der Waals surface area contributed by atoms with Crippen molar-refractivity contribution in [3.8, 4) is 11.5 Å². The topological polar surface area (TPSA) is 29.5 Å². The Labute approximate surface area is 90.5 Å². The first-order valence-electron chi connectivity index (χ1n) is 4.09. The van der Waals surface area contributed by atoms with Gasteiger partial charge in [0.2, 0.25) is 0 Å². The van der Waals surface area contributed by atoms with Crippen molar-refractivity contribution < 1.29 is 9.84 Å². The van der Waals surface area contributed by atoms with Crippen LogP contribution in [0.1, 0.15) is 0 Å². The molecule has 1 aromatic heterocycles. The first-order valence-corrected chi connectivity index (χ1v) is 6.14. The number of fused-ring (bicyclic) bond motifs is 1. The molecule has 2 rings (SSSR count). The number of ether oxygens (including phenoxy) is 1. The molecular weight excluding hydrogens is 216 g/mol. The predicted molar refractivity (Wildman–Crippen MR) is 61.8 cm³/mol. The molecule has 4 heteroatoms. The first kappa shape index (κ1) is 9.68. The molecule has 1 heterocycles. The zero-order valence-corrected chi connectivity index (χ0v) is 9.54. The van der Waals surface area contributed by atoms with Crippen LogP contribution in [0, 0.1) is 0 Å². The summed E-state index contributed by atoms with van der Waals surface area (Å²) in [6.45, 7) is 0. The van der Waals surface area contributed by atoms with Crippen LogP contribution < -0.4 is 4.74 Å². The lowest BCUT2D eigenvalue weighted by atomic mass is 10.2. The van der Waals surface area contributed by atoms with E-state index in [1.54, 1.807) is 36.3 Å². The van der Waals surface area contributed by atoms with Gasteiger partial charge in [0.05, 0.1) is 11.3 Å². The van der Waals surface area contributed by atoms with Crippen molar-refractivity contribution in [1.29, 1.82) is 0 Å². The highest BCUT2D eigenvalue weighted by molar-refractivity contribution is 8.00. The molecule has 0 aliphatic heterocycles. The molecule has 0 unspecified atom stereocenters. The lowest BCUT2D eigenvalue weighted by molar-refractivity contribution is 0.378. The van der Waals surface area contributed by atoms with Crippen LogP contribution in [0.4, 0.5) is 0 Å². The SMILES string of the molecule is COc1c(O)ccc2sc(SC)cc12. The van der Waals surface area contributed by atoms with Crippen molar-refractivity contribution in [1.82, 2.24) is 0 Å². The van der Waals surface area contributed by atoms with Gasteiger partial charge in [-0.25, -0.2) is 0 Å². The fraction of sp³-hybridized carbons (Fsp3) is 0.200. The van der Waals surface area contributed by atoms with E-state index in [0.717, 1.165) is 10.1 Å². The fourth-order valence-electron chi connectivity index (χ4n) is 1.37. The second-order valence-corrected chi connectivity index (χ2v) is 4.99. The molecule has 0 atom stereocenters. The van der Waals surface area contributed by atoms with Crippen molar-refractivity contribution in [3.05, 3.63) is 18.2 Å². The summed E-state index contributed by atoms with van der Waals surface area (Å²) in [5.41, 5.74) is 0. The standard InChI is InChI=1S/C10H10O2S2/c1-12-10-6-5-9(13-2)14-8(6)4-3-7(10)11/h3-5,11H,1-2H3. The highest BCUT2D eigenvalue weighted by atomic mass is 32.2. The van der Waals surface area contributed by atoms with Crippen LogP contribution in [0.5, 0.6) is 11.5 Å². The van der Waals surface area contributed by atoms with Crippen molar-refractivity contribution >= 4 is 33.2 Å². The number of thioether (sulfide) groups is 1. The lowest BCUT2D eigenvalue weighted by Gasteiger charge is -2.03. The number of aromatic hydroxyl groups is 1. The van der Waals surface area contributed by atoms with Crippen molar-refractivity contribution in [2.45, 2.75) is 4.21 Å². The minimum Gasteiger partial charge on any atom is -0.504 e. The Balaban J connectivity index is 2.73. The average molecular weight is 226 g/mol. The number of benzene rings is 1. The molecule has 0 radical (unpaired) electrons. The van der Waals surface area contributed by atoms with Crippen LogP contribution >= 0.6 is 23.1 Å². The Morgan fingerprint density at radius 1 is 1.43 bits per heavy atom. The van der Waals surface area contributed by atoms with E-state index in [-0.39, 0.29) is 5.75 Å². The van der Waals surface area contributed by atoms with Gasteiger partial charge >= 0.3 is 0 Å². The second-order valence-electron chi connectivity index (χ2n) is 2.80. The van der Waals surface area contributed by atoms with Crippen LogP contribution in [-0.2, 0) is 0 Å². The molecule has 0 aliphatic carbocycles. The Bertz CT molecular complexity index is 462. The smallest absolute Gasteiger partial charge is 0.169 e. The van der Waals surface area contributed by atoms with Crippen LogP contribution in [0.3, 0.4) is 0 Å². The second kappa shape index (κ2) is 3.71. The monoisotopic (exact) mass is 226 g/mol. The van der Waals surface area contributed by atoms with Crippen LogP contribution in [0.15, 0.2) is 22.4 Å². The minimum absolute atomic E-state index is 0.199. The van der Waals surface area contributed by atoms with E-state index in [9.17, 15) is 5.11 Å². The van der Waals surface area contributed by atoms with Gasteiger partial charge in [-0.1, -0.05) is 0 Å². The minimum atomic E-state index is 0.199. The Hall–Kier alpha value is -0.870. The molecule has 1 aromatic carbocycles. The first-order chi connectivity index (χ1) is 6.76. The number of thiophene rings is 1. The number of hydrogen-bond acceptors (Lipinski definition) is 4. The maximum Gasteiger partial charge on any atom is 0.169 e. The van der Waals surface area contributed by atoms with Gasteiger partial charge in [0, 0.05) is 10.1 Å². The Morgan fingerprint density at radius 3 is 2.86 bits per heavy atom. The number of hydrogen-bond donors (Lipinski definition) is 1. The van der Waals surface area contributed by atoms with Gasteiger partial charge in [-0.2, -0.15) is 0 Å². The van der Waals surface area contributed by atoms with E-state index in [0.29, 0.717) is 5.75 Å². The van der Waals surface area contributed by atoms with E-state index in [2.05, 4.69) is 0 Å². The highest BCUT2D eigenvalue weighted by Gasteiger charge is 2.10. The van der Waals surface area contributed by atoms with Gasteiger partial charge in [0.15, 0.2) is 11.5 Å². The van der Waals surface area contributed by atoms with Gasteiger partial charge in [-0.15, -0.1) is 23.1 Å². The normalized spacial score (nSPS) is 10.7. The Morgan fingerprint density at radius 2 is 2.21 bits per heavy atom. The molecule has 0 saturated carbocycles. The molecule has 14 heavy (non-hydrogen) atoms. The number of phenols is 1. The highest BCUT2D eigenvalue weighted by Crippen LogP contribution is 2.41. The molecular formula is C10H10O2S2. The molecule has 74 valence electrons. The average Bonchev–Trinajstić information content (AvgIpc) is 2.60. The van der Waals surface area contributed by atoms with Crippen molar-refractivity contribution in [3.63, 3.8) is 0 Å². The summed E-state index contributed by atoms with van der Waals surface area (Å²) < 4.78 is 7.53. The van der Waals surface area contributed by atoms with E-state index >= 15 is 0 Å². The van der Waals surface area contributed by atoms with Gasteiger partial charge in [0.1, 0.15) is 0 Å². The fourth-order valence-corrected chi connectivity index (χ4v) is 3.00. The number of methoxy groups -OCH3 is 1. The lowest BCUT2D eigenvalue weighted by Crippen LogP contribution is -1.83. The zero-order valence-electron chi connectivity index (χ0n) is 7.90. The van der Waals surface area contributed by atoms with E-state index < -0.39 is 0 Å². The molecule has 2 nitrogen and oxygen atoms in total. The zero-order chi connectivity index (χ0) is 10.1. The van der Waals surface area contributed by atoms with E-state index in [1.807, 2.05) is 18.4 Å². The Kier molecular flexibility index (Phi) is 2.56. The van der Waals surface area contributed by atoms with Crippen LogP contribution in [-0.4, -0.2) is 18.5 Å². The maximum absolute atomic E-state index is 9.56. The molecule has 0 spiro atoms. The largest absolute Gasteiger partial charge is 0.504 e. The number of phenolic OH excluding ortho intramolecular Hbond substituents is 1. The van der Waals surface area contributed by atoms with Gasteiger partial charge in [-0.3, -0.25) is 0 Å². The van der Waals surface area contributed by atoms with Crippen molar-refractivity contribution in [2.24, 2.45) is 0 Å². The molecule has 0 bridgehead atoms. The molecule has 0 aliphatic rings. The third-order valence-corrected chi connectivity index (χ3v) is 4.18. The molecule has 0 saturated heterocycles. The summed E-state index contributed by atoms with van der Waals surface area (Å²) >= 11 is 3.41. The molecule has 2 aromatic rings. The van der Waals surface area contributed by atoms with E-state index in [4.69, 9.17) is 4.74 Å². The summed E-state index contributed by atoms with van der Waals surface area (Å²) in [6.07, 6.45) is 2.04. The third-order valence-electron chi connectivity index (χ3n) is 2.01. The quantitative estimate of drug-likeness (QED) is 0.796. The molecule has 0 fully saturated rings. The summed E-state index contributed by atoms with van der Waals surface area (Å²) in [4.78, 5) is 0.